The smallest absolute Gasteiger partial charge is 0.270 e. The Bertz CT molecular complexity index is 581. The number of carbonyl (C=O) groups excluding carboxylic acids is 1. The van der Waals surface area contributed by atoms with E-state index in [1.807, 2.05) is 23.1 Å². The number of nitrogens with zero attached hydrogens (tertiary/aromatic N) is 2. The lowest BCUT2D eigenvalue weighted by Gasteiger charge is -2.24. The summed E-state index contributed by atoms with van der Waals surface area (Å²) in [7, 11) is 0. The Labute approximate surface area is 120 Å². The molecule has 2 aromatic heterocycles. The van der Waals surface area contributed by atoms with Gasteiger partial charge < -0.3 is 9.88 Å². The summed E-state index contributed by atoms with van der Waals surface area (Å²) in [6.07, 6.45) is 7.39. The fraction of sp³-hybridized carbons (Fsp3) is 0.286. The number of carbonyl (C=O) groups is 1. The van der Waals surface area contributed by atoms with E-state index >= 15 is 0 Å². The van der Waals surface area contributed by atoms with Crippen molar-refractivity contribution in [1.82, 2.24) is 14.9 Å². The number of hydrogen-bond acceptors (Lipinski definition) is 2. The Morgan fingerprint density at radius 2 is 2.21 bits per heavy atom. The molecule has 0 saturated carbocycles. The van der Waals surface area contributed by atoms with Gasteiger partial charge in [-0.1, -0.05) is 0 Å². The van der Waals surface area contributed by atoms with Crippen LogP contribution in [0.25, 0.3) is 0 Å². The van der Waals surface area contributed by atoms with Crippen LogP contribution in [0.15, 0.2) is 41.3 Å². The number of amides is 1. The number of H-pyrrole nitrogens is 1. The average molecular weight is 320 g/mol. The SMILES string of the molecule is O=C(c1cc(Br)c[nH]1)N1CCCC1c1ccncc1. The largest absolute Gasteiger partial charge is 0.356 e. The number of halogens is 1. The second-order valence-electron chi connectivity index (χ2n) is 4.67. The standard InChI is InChI=1S/C14H14BrN3O/c15-11-8-12(17-9-11)14(19)18-7-1-2-13(18)10-3-5-16-6-4-10/h3-6,8-9,13,17H,1-2,7H2. The number of nitrogens with one attached hydrogen (secondary N) is 1. The Morgan fingerprint density at radius 1 is 1.42 bits per heavy atom. The van der Waals surface area contributed by atoms with Crippen LogP contribution >= 0.6 is 15.9 Å². The number of pyridine rings is 1. The van der Waals surface area contributed by atoms with Gasteiger partial charge in [-0.05, 0) is 52.5 Å². The minimum Gasteiger partial charge on any atom is -0.356 e. The molecular formula is C14H14BrN3O. The van der Waals surface area contributed by atoms with Gasteiger partial charge in [0.25, 0.3) is 5.91 Å². The third kappa shape index (κ3) is 2.42. The van der Waals surface area contributed by atoms with Crippen LogP contribution in [0.1, 0.15) is 34.9 Å². The molecule has 1 saturated heterocycles. The summed E-state index contributed by atoms with van der Waals surface area (Å²) in [4.78, 5) is 21.5. The molecule has 3 heterocycles. The number of likely N-dealkylation sites (tertiary alicyclic amines) is 1. The van der Waals surface area contributed by atoms with Crippen LogP contribution in [0.5, 0.6) is 0 Å². The average Bonchev–Trinajstić information content (AvgIpc) is 3.07. The minimum absolute atomic E-state index is 0.0602. The predicted molar refractivity (Wildman–Crippen MR) is 75.7 cm³/mol. The predicted octanol–water partition coefficient (Wildman–Crippen LogP) is 3.15. The van der Waals surface area contributed by atoms with E-state index in [1.54, 1.807) is 18.6 Å². The fourth-order valence-corrected chi connectivity index (χ4v) is 2.93. The first-order valence-corrected chi connectivity index (χ1v) is 7.10. The normalized spacial score (nSPS) is 18.8. The van der Waals surface area contributed by atoms with Gasteiger partial charge in [0.05, 0.1) is 6.04 Å². The van der Waals surface area contributed by atoms with Crippen molar-refractivity contribution in [3.8, 4) is 0 Å². The molecule has 0 spiro atoms. The van der Waals surface area contributed by atoms with Gasteiger partial charge in [0.1, 0.15) is 5.69 Å². The lowest BCUT2D eigenvalue weighted by atomic mass is 10.1. The Balaban J connectivity index is 1.86. The summed E-state index contributed by atoms with van der Waals surface area (Å²) in [6.45, 7) is 0.808. The topological polar surface area (TPSA) is 49.0 Å². The molecule has 0 aromatic carbocycles. The van der Waals surface area contributed by atoms with Gasteiger partial charge in [-0.25, -0.2) is 0 Å². The van der Waals surface area contributed by atoms with Crippen molar-refractivity contribution in [2.24, 2.45) is 0 Å². The summed E-state index contributed by atoms with van der Waals surface area (Å²) in [5.74, 6) is 0.0602. The van der Waals surface area contributed by atoms with E-state index in [0.717, 1.165) is 29.4 Å². The molecule has 0 radical (unpaired) electrons. The molecule has 19 heavy (non-hydrogen) atoms. The van der Waals surface area contributed by atoms with Crippen LogP contribution in [0.4, 0.5) is 0 Å². The number of aromatic nitrogens is 2. The van der Waals surface area contributed by atoms with Crippen LogP contribution in [-0.2, 0) is 0 Å². The molecule has 1 fully saturated rings. The second kappa shape index (κ2) is 5.17. The first-order valence-electron chi connectivity index (χ1n) is 6.30. The zero-order valence-corrected chi connectivity index (χ0v) is 11.9. The Hall–Kier alpha value is -1.62. The number of rotatable bonds is 2. The van der Waals surface area contributed by atoms with Crippen LogP contribution in [-0.4, -0.2) is 27.3 Å². The van der Waals surface area contributed by atoms with E-state index in [1.165, 1.54) is 0 Å². The van der Waals surface area contributed by atoms with Crippen LogP contribution in [0.2, 0.25) is 0 Å². The van der Waals surface area contributed by atoms with E-state index in [2.05, 4.69) is 25.9 Å². The first-order chi connectivity index (χ1) is 9.25. The summed E-state index contributed by atoms with van der Waals surface area (Å²) >= 11 is 3.36. The highest BCUT2D eigenvalue weighted by Crippen LogP contribution is 2.32. The van der Waals surface area contributed by atoms with Gasteiger partial charge >= 0.3 is 0 Å². The maximum absolute atomic E-state index is 12.5. The molecule has 0 aliphatic carbocycles. The maximum Gasteiger partial charge on any atom is 0.270 e. The lowest BCUT2D eigenvalue weighted by molar-refractivity contribution is 0.0730. The summed E-state index contributed by atoms with van der Waals surface area (Å²) in [5, 5.41) is 0. The quantitative estimate of drug-likeness (QED) is 0.924. The van der Waals surface area contributed by atoms with E-state index in [-0.39, 0.29) is 11.9 Å². The van der Waals surface area contributed by atoms with Crippen molar-refractivity contribution in [1.29, 1.82) is 0 Å². The molecule has 1 amide bonds. The van der Waals surface area contributed by atoms with Crippen molar-refractivity contribution in [2.45, 2.75) is 18.9 Å². The molecule has 1 aliphatic heterocycles. The highest BCUT2D eigenvalue weighted by Gasteiger charge is 2.31. The summed E-state index contributed by atoms with van der Waals surface area (Å²) in [6, 6.07) is 5.96. The molecule has 4 nitrogen and oxygen atoms in total. The monoisotopic (exact) mass is 319 g/mol. The molecule has 2 aromatic rings. The van der Waals surface area contributed by atoms with Gasteiger partial charge in [-0.3, -0.25) is 9.78 Å². The molecule has 1 atom stereocenters. The molecule has 0 bridgehead atoms. The molecule has 1 N–H and O–H groups in total. The van der Waals surface area contributed by atoms with Crippen molar-refractivity contribution >= 4 is 21.8 Å². The van der Waals surface area contributed by atoms with Crippen molar-refractivity contribution in [2.75, 3.05) is 6.54 Å². The van der Waals surface area contributed by atoms with Gasteiger partial charge in [0.15, 0.2) is 0 Å². The van der Waals surface area contributed by atoms with Crippen LogP contribution in [0.3, 0.4) is 0 Å². The van der Waals surface area contributed by atoms with E-state index < -0.39 is 0 Å². The van der Waals surface area contributed by atoms with Gasteiger partial charge in [0.2, 0.25) is 0 Å². The first kappa shape index (κ1) is 12.4. The van der Waals surface area contributed by atoms with E-state index in [9.17, 15) is 4.79 Å². The van der Waals surface area contributed by atoms with Crippen LogP contribution < -0.4 is 0 Å². The van der Waals surface area contributed by atoms with Crippen molar-refractivity contribution < 1.29 is 4.79 Å². The van der Waals surface area contributed by atoms with Crippen molar-refractivity contribution in [3.63, 3.8) is 0 Å². The third-order valence-electron chi connectivity index (χ3n) is 3.48. The Kier molecular flexibility index (Phi) is 3.38. The molecular weight excluding hydrogens is 306 g/mol. The molecule has 1 unspecified atom stereocenters. The van der Waals surface area contributed by atoms with Gasteiger partial charge in [-0.15, -0.1) is 0 Å². The van der Waals surface area contributed by atoms with E-state index in [0.29, 0.717) is 5.69 Å². The zero-order valence-electron chi connectivity index (χ0n) is 10.3. The third-order valence-corrected chi connectivity index (χ3v) is 3.94. The highest BCUT2D eigenvalue weighted by molar-refractivity contribution is 9.10. The summed E-state index contributed by atoms with van der Waals surface area (Å²) < 4.78 is 0.899. The maximum atomic E-state index is 12.5. The summed E-state index contributed by atoms with van der Waals surface area (Å²) in [5.41, 5.74) is 1.79. The number of hydrogen-bond donors (Lipinski definition) is 1. The van der Waals surface area contributed by atoms with Crippen LogP contribution in [0, 0.1) is 0 Å². The van der Waals surface area contributed by atoms with Gasteiger partial charge in [-0.2, -0.15) is 0 Å². The van der Waals surface area contributed by atoms with Gasteiger partial charge in [0, 0.05) is 29.6 Å². The van der Waals surface area contributed by atoms with Crippen molar-refractivity contribution in [3.05, 3.63) is 52.5 Å². The lowest BCUT2D eigenvalue weighted by Crippen LogP contribution is -2.30. The second-order valence-corrected chi connectivity index (χ2v) is 5.58. The molecule has 1 aliphatic rings. The Morgan fingerprint density at radius 3 is 2.89 bits per heavy atom. The highest BCUT2D eigenvalue weighted by atomic mass is 79.9. The number of aromatic amines is 1. The van der Waals surface area contributed by atoms with E-state index in [4.69, 9.17) is 0 Å². The minimum atomic E-state index is 0.0602. The zero-order chi connectivity index (χ0) is 13.2. The molecule has 5 heteroatoms. The molecule has 98 valence electrons. The fourth-order valence-electron chi connectivity index (χ4n) is 2.59. The molecule has 3 rings (SSSR count).